The van der Waals surface area contributed by atoms with E-state index in [-0.39, 0.29) is 23.9 Å². The summed E-state index contributed by atoms with van der Waals surface area (Å²) in [5.74, 6) is -0.0995. The molecule has 0 bridgehead atoms. The summed E-state index contributed by atoms with van der Waals surface area (Å²) in [4.78, 5) is 27.0. The van der Waals surface area contributed by atoms with Gasteiger partial charge in [-0.1, -0.05) is 30.3 Å². The van der Waals surface area contributed by atoms with Gasteiger partial charge in [0.2, 0.25) is 0 Å². The third kappa shape index (κ3) is 8.47. The molecule has 0 aliphatic carbocycles. The van der Waals surface area contributed by atoms with Gasteiger partial charge in [0.15, 0.2) is 0 Å². The van der Waals surface area contributed by atoms with Gasteiger partial charge in [0.05, 0.1) is 0 Å². The minimum atomic E-state index is -0.498. The maximum Gasteiger partial charge on any atom is 0.410 e. The van der Waals surface area contributed by atoms with Gasteiger partial charge in [-0.2, -0.15) is 0 Å². The number of piperidine rings is 1. The smallest absolute Gasteiger partial charge is 0.410 e. The zero-order chi connectivity index (χ0) is 24.6. The van der Waals surface area contributed by atoms with Crippen molar-refractivity contribution in [3.63, 3.8) is 0 Å². The van der Waals surface area contributed by atoms with Gasteiger partial charge < -0.3 is 15.0 Å². The predicted octanol–water partition coefficient (Wildman–Crippen LogP) is 5.98. The standard InChI is InChI=1S/C28H37FN2O3/c1-28(2,3)34-27(33)31-18-16-22(17-19-31)20-25(11-7-10-21-8-5-4-6-9-21)30-26(32)23-12-14-24(29)15-13-23/h4-6,8-9,12-15,22,25H,7,10-11,16-20H2,1-3H3,(H,30,32). The van der Waals surface area contributed by atoms with Crippen LogP contribution in [0.1, 0.15) is 68.8 Å². The number of ether oxygens (including phenoxy) is 1. The number of rotatable bonds is 8. The summed E-state index contributed by atoms with van der Waals surface area (Å²) >= 11 is 0. The van der Waals surface area contributed by atoms with E-state index in [0.717, 1.165) is 38.5 Å². The Balaban J connectivity index is 1.56. The topological polar surface area (TPSA) is 58.6 Å². The first-order valence-corrected chi connectivity index (χ1v) is 12.3. The first kappa shape index (κ1) is 25.7. The van der Waals surface area contributed by atoms with Gasteiger partial charge in [0.1, 0.15) is 11.4 Å². The minimum absolute atomic E-state index is 0.0272. The lowest BCUT2D eigenvalue weighted by molar-refractivity contribution is 0.0178. The van der Waals surface area contributed by atoms with Gasteiger partial charge in [-0.15, -0.1) is 0 Å². The van der Waals surface area contributed by atoms with Crippen LogP contribution in [-0.2, 0) is 11.2 Å². The number of benzene rings is 2. The third-order valence-electron chi connectivity index (χ3n) is 6.19. The van der Waals surface area contributed by atoms with Gasteiger partial charge >= 0.3 is 6.09 Å². The highest BCUT2D eigenvalue weighted by molar-refractivity contribution is 5.94. The quantitative estimate of drug-likeness (QED) is 0.518. The lowest BCUT2D eigenvalue weighted by Gasteiger charge is -2.35. The third-order valence-corrected chi connectivity index (χ3v) is 6.19. The molecule has 1 fully saturated rings. The second kappa shape index (κ2) is 12.0. The number of nitrogens with zero attached hydrogens (tertiary/aromatic N) is 1. The molecule has 1 saturated heterocycles. The Hall–Kier alpha value is -2.89. The molecule has 1 aliphatic heterocycles. The number of amides is 2. The van der Waals surface area contributed by atoms with Crippen molar-refractivity contribution in [3.05, 3.63) is 71.5 Å². The van der Waals surface area contributed by atoms with Crippen molar-refractivity contribution < 1.29 is 18.7 Å². The summed E-state index contributed by atoms with van der Waals surface area (Å²) in [7, 11) is 0. The Morgan fingerprint density at radius 1 is 1.06 bits per heavy atom. The highest BCUT2D eigenvalue weighted by Gasteiger charge is 2.28. The molecule has 1 atom stereocenters. The van der Waals surface area contributed by atoms with Gasteiger partial charge in [-0.25, -0.2) is 9.18 Å². The van der Waals surface area contributed by atoms with E-state index >= 15 is 0 Å². The summed E-state index contributed by atoms with van der Waals surface area (Å²) in [5, 5.41) is 3.18. The lowest BCUT2D eigenvalue weighted by atomic mass is 9.88. The predicted molar refractivity (Wildman–Crippen MR) is 132 cm³/mol. The van der Waals surface area contributed by atoms with E-state index in [4.69, 9.17) is 4.74 Å². The summed E-state index contributed by atoms with van der Waals surface area (Å²) in [6.07, 6.45) is 5.19. The van der Waals surface area contributed by atoms with Gasteiger partial charge in [-0.05, 0) is 95.0 Å². The Bertz CT molecular complexity index is 917. The number of nitrogens with one attached hydrogen (secondary N) is 1. The first-order valence-electron chi connectivity index (χ1n) is 12.3. The van der Waals surface area contributed by atoms with E-state index in [1.807, 2.05) is 39.0 Å². The Labute approximate surface area is 202 Å². The molecule has 2 aromatic rings. The van der Waals surface area contributed by atoms with E-state index in [0.29, 0.717) is 24.6 Å². The average molecular weight is 469 g/mol. The molecule has 5 nitrogen and oxygen atoms in total. The zero-order valence-electron chi connectivity index (χ0n) is 20.6. The summed E-state index contributed by atoms with van der Waals surface area (Å²) < 4.78 is 18.8. The van der Waals surface area contributed by atoms with Crippen molar-refractivity contribution in [2.24, 2.45) is 5.92 Å². The Morgan fingerprint density at radius 2 is 1.71 bits per heavy atom. The van der Waals surface area contributed by atoms with Crippen molar-refractivity contribution in [1.82, 2.24) is 10.2 Å². The SMILES string of the molecule is CC(C)(C)OC(=O)N1CCC(CC(CCCc2ccccc2)NC(=O)c2ccc(F)cc2)CC1. The molecular formula is C28H37FN2O3. The number of hydrogen-bond acceptors (Lipinski definition) is 3. The van der Waals surface area contributed by atoms with Crippen LogP contribution in [0.15, 0.2) is 54.6 Å². The van der Waals surface area contributed by atoms with Crippen LogP contribution in [0.5, 0.6) is 0 Å². The highest BCUT2D eigenvalue weighted by atomic mass is 19.1. The fourth-order valence-corrected chi connectivity index (χ4v) is 4.40. The molecule has 0 spiro atoms. The van der Waals surface area contributed by atoms with Gasteiger partial charge in [0, 0.05) is 24.7 Å². The van der Waals surface area contributed by atoms with Crippen LogP contribution in [0.2, 0.25) is 0 Å². The van der Waals surface area contributed by atoms with Crippen molar-refractivity contribution in [2.45, 2.75) is 70.9 Å². The number of likely N-dealkylation sites (tertiary alicyclic amines) is 1. The molecule has 0 radical (unpaired) electrons. The molecule has 34 heavy (non-hydrogen) atoms. The molecule has 1 heterocycles. The number of hydrogen-bond donors (Lipinski definition) is 1. The summed E-state index contributed by atoms with van der Waals surface area (Å²) in [6.45, 7) is 6.97. The summed E-state index contributed by atoms with van der Waals surface area (Å²) in [6, 6.07) is 16.0. The molecule has 1 N–H and O–H groups in total. The first-order chi connectivity index (χ1) is 16.2. The van der Waals surface area contributed by atoms with Crippen LogP contribution in [-0.4, -0.2) is 41.6 Å². The Kier molecular flexibility index (Phi) is 9.08. The Morgan fingerprint density at radius 3 is 2.32 bits per heavy atom. The van der Waals surface area contributed by atoms with Crippen LogP contribution in [0.3, 0.4) is 0 Å². The maximum atomic E-state index is 13.3. The molecule has 2 aromatic carbocycles. The van der Waals surface area contributed by atoms with Crippen molar-refractivity contribution in [2.75, 3.05) is 13.1 Å². The number of carbonyl (C=O) groups excluding carboxylic acids is 2. The van der Waals surface area contributed by atoms with Crippen LogP contribution >= 0.6 is 0 Å². The number of carbonyl (C=O) groups is 2. The minimum Gasteiger partial charge on any atom is -0.444 e. The van der Waals surface area contributed by atoms with E-state index in [9.17, 15) is 14.0 Å². The van der Waals surface area contributed by atoms with E-state index in [1.54, 1.807) is 4.90 Å². The van der Waals surface area contributed by atoms with Crippen LogP contribution in [0.4, 0.5) is 9.18 Å². The number of aryl methyl sites for hydroxylation is 1. The van der Waals surface area contributed by atoms with Crippen molar-refractivity contribution in [3.8, 4) is 0 Å². The van der Waals surface area contributed by atoms with Crippen LogP contribution in [0.25, 0.3) is 0 Å². The second-order valence-corrected chi connectivity index (χ2v) is 10.2. The monoisotopic (exact) mass is 468 g/mol. The molecule has 0 saturated carbocycles. The van der Waals surface area contributed by atoms with E-state index in [1.165, 1.54) is 29.8 Å². The van der Waals surface area contributed by atoms with E-state index < -0.39 is 5.60 Å². The molecule has 3 rings (SSSR count). The van der Waals surface area contributed by atoms with Gasteiger partial charge in [-0.3, -0.25) is 4.79 Å². The molecule has 1 unspecified atom stereocenters. The normalized spacial score (nSPS) is 15.6. The van der Waals surface area contributed by atoms with Crippen LogP contribution < -0.4 is 5.32 Å². The average Bonchev–Trinajstić information content (AvgIpc) is 2.79. The molecule has 1 aliphatic rings. The molecule has 6 heteroatoms. The lowest BCUT2D eigenvalue weighted by Crippen LogP contribution is -2.43. The zero-order valence-corrected chi connectivity index (χ0v) is 20.6. The van der Waals surface area contributed by atoms with Crippen LogP contribution in [0, 0.1) is 11.7 Å². The highest BCUT2D eigenvalue weighted by Crippen LogP contribution is 2.25. The maximum absolute atomic E-state index is 13.3. The largest absolute Gasteiger partial charge is 0.444 e. The van der Waals surface area contributed by atoms with Gasteiger partial charge in [0.25, 0.3) is 5.91 Å². The van der Waals surface area contributed by atoms with Crippen molar-refractivity contribution >= 4 is 12.0 Å². The number of halogens is 1. The second-order valence-electron chi connectivity index (χ2n) is 10.2. The molecule has 184 valence electrons. The fourth-order valence-electron chi connectivity index (χ4n) is 4.40. The van der Waals surface area contributed by atoms with E-state index in [2.05, 4.69) is 17.4 Å². The van der Waals surface area contributed by atoms with Crippen molar-refractivity contribution in [1.29, 1.82) is 0 Å². The molecule has 2 amide bonds. The fraction of sp³-hybridized carbons (Fsp3) is 0.500. The molecular weight excluding hydrogens is 431 g/mol. The molecule has 0 aromatic heterocycles. The summed E-state index contributed by atoms with van der Waals surface area (Å²) in [5.41, 5.74) is 1.26.